The second-order valence-corrected chi connectivity index (χ2v) is 4.65. The van der Waals surface area contributed by atoms with Gasteiger partial charge in [0.2, 0.25) is 0 Å². The smallest absolute Gasteiger partial charge is 0.256 e. The van der Waals surface area contributed by atoms with E-state index in [-0.39, 0.29) is 11.3 Å². The minimum atomic E-state index is -0.891. The first-order valence-electron chi connectivity index (χ1n) is 5.07. The zero-order valence-corrected chi connectivity index (χ0v) is 8.97. The molecule has 0 radical (unpaired) electrons. The van der Waals surface area contributed by atoms with E-state index in [1.807, 2.05) is 44.2 Å². The number of hydrogen-bond donors (Lipinski definition) is 1. The molecule has 3 nitrogen and oxygen atoms in total. The Morgan fingerprint density at radius 1 is 1.33 bits per heavy atom. The molecule has 15 heavy (non-hydrogen) atoms. The van der Waals surface area contributed by atoms with Gasteiger partial charge in [0.15, 0.2) is 0 Å². The summed E-state index contributed by atoms with van der Waals surface area (Å²) in [7, 11) is 0. The summed E-state index contributed by atoms with van der Waals surface area (Å²) >= 11 is 0. The van der Waals surface area contributed by atoms with E-state index in [1.165, 1.54) is 0 Å². The molecule has 0 saturated carbocycles. The lowest BCUT2D eigenvalue weighted by atomic mass is 9.90. The molecule has 3 heteroatoms. The fourth-order valence-electron chi connectivity index (χ4n) is 1.88. The van der Waals surface area contributed by atoms with Crippen molar-refractivity contribution >= 4 is 11.6 Å². The summed E-state index contributed by atoms with van der Waals surface area (Å²) in [6, 6.07) is 9.45. The maximum atomic E-state index is 11.8. The Balaban J connectivity index is 2.31. The highest BCUT2D eigenvalue weighted by molar-refractivity contribution is 5.99. The Morgan fingerprint density at radius 3 is 2.40 bits per heavy atom. The lowest BCUT2D eigenvalue weighted by Crippen LogP contribution is -2.30. The highest BCUT2D eigenvalue weighted by atomic mass is 16.3. The van der Waals surface area contributed by atoms with Crippen LogP contribution < -0.4 is 4.90 Å². The van der Waals surface area contributed by atoms with Gasteiger partial charge in [0.25, 0.3) is 5.91 Å². The molecule has 1 fully saturated rings. The molecule has 1 atom stereocenters. The predicted octanol–water partition coefficient (Wildman–Crippen LogP) is 1.42. The van der Waals surface area contributed by atoms with Crippen LogP contribution in [0.15, 0.2) is 30.3 Å². The number of para-hydroxylation sites is 1. The fourth-order valence-corrected chi connectivity index (χ4v) is 1.88. The molecule has 1 amide bonds. The maximum Gasteiger partial charge on any atom is 0.256 e. The molecule has 1 aliphatic heterocycles. The van der Waals surface area contributed by atoms with E-state index in [0.717, 1.165) is 5.69 Å². The van der Waals surface area contributed by atoms with Gasteiger partial charge in [0, 0.05) is 17.6 Å². The van der Waals surface area contributed by atoms with E-state index < -0.39 is 6.10 Å². The van der Waals surface area contributed by atoms with Crippen LogP contribution in [0.25, 0.3) is 0 Å². The summed E-state index contributed by atoms with van der Waals surface area (Å²) in [5.41, 5.74) is 0.486. The lowest BCUT2D eigenvalue weighted by molar-refractivity contribution is -0.126. The summed E-state index contributed by atoms with van der Waals surface area (Å²) in [6.07, 6.45) is -0.891. The van der Waals surface area contributed by atoms with Crippen LogP contribution in [0, 0.1) is 5.41 Å². The zero-order chi connectivity index (χ0) is 11.1. The number of nitrogens with zero attached hydrogens (tertiary/aromatic N) is 1. The fraction of sp³-hybridized carbons (Fsp3) is 0.417. The summed E-state index contributed by atoms with van der Waals surface area (Å²) < 4.78 is 0. The predicted molar refractivity (Wildman–Crippen MR) is 58.6 cm³/mol. The summed E-state index contributed by atoms with van der Waals surface area (Å²) in [6.45, 7) is 4.37. The van der Waals surface area contributed by atoms with Crippen LogP contribution in [0.5, 0.6) is 0 Å². The van der Waals surface area contributed by atoms with Crippen molar-refractivity contribution in [1.82, 2.24) is 0 Å². The second kappa shape index (κ2) is 3.35. The molecule has 0 bridgehead atoms. The van der Waals surface area contributed by atoms with Crippen molar-refractivity contribution in [1.29, 1.82) is 0 Å². The van der Waals surface area contributed by atoms with Crippen LogP contribution in [-0.2, 0) is 4.79 Å². The molecule has 1 aromatic carbocycles. The van der Waals surface area contributed by atoms with Gasteiger partial charge in [-0.05, 0) is 12.1 Å². The Bertz CT molecular complexity index is 372. The van der Waals surface area contributed by atoms with Crippen molar-refractivity contribution in [2.45, 2.75) is 20.0 Å². The molecule has 0 aromatic heterocycles. The van der Waals surface area contributed by atoms with Gasteiger partial charge in [0.05, 0.1) is 0 Å². The largest absolute Gasteiger partial charge is 0.383 e. The number of anilines is 1. The van der Waals surface area contributed by atoms with E-state index in [9.17, 15) is 9.90 Å². The van der Waals surface area contributed by atoms with Crippen molar-refractivity contribution in [3.63, 3.8) is 0 Å². The Hall–Kier alpha value is -1.35. The second-order valence-electron chi connectivity index (χ2n) is 4.65. The van der Waals surface area contributed by atoms with E-state index >= 15 is 0 Å². The van der Waals surface area contributed by atoms with Crippen LogP contribution in [0.1, 0.15) is 13.8 Å². The van der Waals surface area contributed by atoms with Crippen molar-refractivity contribution in [2.24, 2.45) is 5.41 Å². The summed E-state index contributed by atoms with van der Waals surface area (Å²) in [5.74, 6) is -0.203. The number of amides is 1. The molecule has 0 spiro atoms. The molecule has 0 unspecified atom stereocenters. The monoisotopic (exact) mass is 205 g/mol. The normalized spacial score (nSPS) is 24.6. The van der Waals surface area contributed by atoms with Crippen molar-refractivity contribution < 1.29 is 9.90 Å². The maximum absolute atomic E-state index is 11.8. The Morgan fingerprint density at radius 2 is 1.93 bits per heavy atom. The average Bonchev–Trinajstić information content (AvgIpc) is 2.44. The number of hydrogen-bond acceptors (Lipinski definition) is 2. The van der Waals surface area contributed by atoms with Gasteiger partial charge >= 0.3 is 0 Å². The van der Waals surface area contributed by atoms with Gasteiger partial charge in [0.1, 0.15) is 6.10 Å². The quantitative estimate of drug-likeness (QED) is 0.753. The number of rotatable bonds is 1. The van der Waals surface area contributed by atoms with Crippen molar-refractivity contribution in [3.8, 4) is 0 Å². The molecule has 1 N–H and O–H groups in total. The molecule has 2 rings (SSSR count). The number of aliphatic hydroxyl groups excluding tert-OH is 1. The standard InChI is InChI=1S/C12H15NO2/c1-12(2)8-13(11(15)10(12)14)9-6-4-3-5-7-9/h3-7,10,14H,8H2,1-2H3/t10-/m1/s1. The van der Waals surface area contributed by atoms with Gasteiger partial charge < -0.3 is 10.0 Å². The molecular weight excluding hydrogens is 190 g/mol. The third-order valence-corrected chi connectivity index (χ3v) is 2.87. The van der Waals surface area contributed by atoms with Crippen LogP contribution in [-0.4, -0.2) is 23.7 Å². The number of benzene rings is 1. The first-order valence-corrected chi connectivity index (χ1v) is 5.07. The van der Waals surface area contributed by atoms with Crippen LogP contribution in [0.3, 0.4) is 0 Å². The Kier molecular flexibility index (Phi) is 2.27. The molecule has 0 aliphatic carbocycles. The van der Waals surface area contributed by atoms with E-state index in [4.69, 9.17) is 0 Å². The van der Waals surface area contributed by atoms with Gasteiger partial charge in [-0.2, -0.15) is 0 Å². The van der Waals surface area contributed by atoms with Crippen molar-refractivity contribution in [2.75, 3.05) is 11.4 Å². The minimum absolute atomic E-state index is 0.203. The average molecular weight is 205 g/mol. The molecule has 1 heterocycles. The first-order chi connectivity index (χ1) is 7.02. The highest BCUT2D eigenvalue weighted by Gasteiger charge is 2.45. The van der Waals surface area contributed by atoms with E-state index in [1.54, 1.807) is 4.90 Å². The molecule has 1 aliphatic rings. The molecule has 1 aromatic rings. The highest BCUT2D eigenvalue weighted by Crippen LogP contribution is 2.33. The molecule has 80 valence electrons. The molecule has 1 saturated heterocycles. The molecular formula is C12H15NO2. The number of aliphatic hydroxyl groups is 1. The lowest BCUT2D eigenvalue weighted by Gasteiger charge is -2.19. The van der Waals surface area contributed by atoms with Crippen LogP contribution in [0.4, 0.5) is 5.69 Å². The van der Waals surface area contributed by atoms with Gasteiger partial charge in [-0.25, -0.2) is 0 Å². The van der Waals surface area contributed by atoms with Gasteiger partial charge in [-0.1, -0.05) is 32.0 Å². The van der Waals surface area contributed by atoms with E-state index in [2.05, 4.69) is 0 Å². The summed E-state index contributed by atoms with van der Waals surface area (Å²) in [5, 5.41) is 9.77. The van der Waals surface area contributed by atoms with Crippen LogP contribution >= 0.6 is 0 Å². The summed E-state index contributed by atoms with van der Waals surface area (Å²) in [4.78, 5) is 13.4. The third kappa shape index (κ3) is 1.63. The topological polar surface area (TPSA) is 40.5 Å². The first kappa shape index (κ1) is 10.2. The van der Waals surface area contributed by atoms with Crippen LogP contribution in [0.2, 0.25) is 0 Å². The number of carbonyl (C=O) groups excluding carboxylic acids is 1. The van der Waals surface area contributed by atoms with E-state index in [0.29, 0.717) is 6.54 Å². The third-order valence-electron chi connectivity index (χ3n) is 2.87. The zero-order valence-electron chi connectivity index (χ0n) is 8.97. The minimum Gasteiger partial charge on any atom is -0.383 e. The SMILES string of the molecule is CC1(C)CN(c2ccccc2)C(=O)[C@H]1O. The van der Waals surface area contributed by atoms with Gasteiger partial charge in [-0.3, -0.25) is 4.79 Å². The van der Waals surface area contributed by atoms with Crippen molar-refractivity contribution in [3.05, 3.63) is 30.3 Å². The number of carbonyl (C=O) groups is 1. The van der Waals surface area contributed by atoms with Gasteiger partial charge in [-0.15, -0.1) is 0 Å². The Labute approximate surface area is 89.3 Å².